The van der Waals surface area contributed by atoms with Crippen LogP contribution < -0.4 is 14.4 Å². The monoisotopic (exact) mass is 294 g/mol. The summed E-state index contributed by atoms with van der Waals surface area (Å²) in [7, 11) is 5.25. The standard InChI is InChI=1S/C13H15ClN4O2/c1-18(2)12-15-11(14)16-13(17-12)20-8-9-5-4-6-10(7-9)19-3/h4-7H,8H2,1-3H3. The van der Waals surface area contributed by atoms with E-state index in [9.17, 15) is 0 Å². The first-order valence-electron chi connectivity index (χ1n) is 5.93. The van der Waals surface area contributed by atoms with Gasteiger partial charge in [0.1, 0.15) is 12.4 Å². The van der Waals surface area contributed by atoms with Crippen LogP contribution >= 0.6 is 11.6 Å². The van der Waals surface area contributed by atoms with Crippen LogP contribution in [0.5, 0.6) is 11.8 Å². The number of nitrogens with zero attached hydrogens (tertiary/aromatic N) is 4. The van der Waals surface area contributed by atoms with E-state index in [2.05, 4.69) is 15.0 Å². The molecule has 0 N–H and O–H groups in total. The summed E-state index contributed by atoms with van der Waals surface area (Å²) in [6, 6.07) is 7.77. The van der Waals surface area contributed by atoms with Gasteiger partial charge < -0.3 is 14.4 Å². The number of hydrogen-bond donors (Lipinski definition) is 0. The normalized spacial score (nSPS) is 10.2. The van der Waals surface area contributed by atoms with Crippen molar-refractivity contribution < 1.29 is 9.47 Å². The third-order valence-corrected chi connectivity index (χ3v) is 2.65. The molecule has 1 heterocycles. The predicted octanol–water partition coefficient (Wildman–Crippen LogP) is 2.18. The predicted molar refractivity (Wildman–Crippen MR) is 76.5 cm³/mol. The molecule has 106 valence electrons. The Bertz CT molecular complexity index is 592. The van der Waals surface area contributed by atoms with Crippen molar-refractivity contribution >= 4 is 17.5 Å². The molecule has 0 aliphatic heterocycles. The van der Waals surface area contributed by atoms with Crippen LogP contribution in [0.1, 0.15) is 5.56 Å². The summed E-state index contributed by atoms with van der Waals surface area (Å²) >= 11 is 5.83. The minimum atomic E-state index is 0.101. The third kappa shape index (κ3) is 3.71. The second kappa shape index (κ2) is 6.38. The van der Waals surface area contributed by atoms with Crippen molar-refractivity contribution in [3.05, 3.63) is 35.1 Å². The molecular formula is C13H15ClN4O2. The zero-order chi connectivity index (χ0) is 14.5. The lowest BCUT2D eigenvalue weighted by Gasteiger charge is -2.11. The molecule has 0 atom stereocenters. The molecule has 0 bridgehead atoms. The highest BCUT2D eigenvalue weighted by Crippen LogP contribution is 2.16. The summed E-state index contributed by atoms with van der Waals surface area (Å²) < 4.78 is 10.7. The number of rotatable bonds is 5. The van der Waals surface area contributed by atoms with Gasteiger partial charge in [-0.3, -0.25) is 0 Å². The Kier molecular flexibility index (Phi) is 4.57. The van der Waals surface area contributed by atoms with Crippen molar-refractivity contribution in [3.8, 4) is 11.8 Å². The molecule has 2 rings (SSSR count). The smallest absolute Gasteiger partial charge is 0.322 e. The van der Waals surface area contributed by atoms with Gasteiger partial charge in [-0.05, 0) is 29.3 Å². The van der Waals surface area contributed by atoms with Crippen LogP contribution in [0.2, 0.25) is 5.28 Å². The second-order valence-corrected chi connectivity index (χ2v) is 4.56. The summed E-state index contributed by atoms with van der Waals surface area (Å²) in [6.07, 6.45) is 0. The molecule has 0 unspecified atom stereocenters. The van der Waals surface area contributed by atoms with Gasteiger partial charge in [0.2, 0.25) is 11.2 Å². The van der Waals surface area contributed by atoms with Gasteiger partial charge in [0, 0.05) is 14.1 Å². The van der Waals surface area contributed by atoms with Gasteiger partial charge >= 0.3 is 6.01 Å². The Labute approximate surface area is 122 Å². The summed E-state index contributed by atoms with van der Waals surface area (Å²) in [4.78, 5) is 13.8. The van der Waals surface area contributed by atoms with E-state index in [-0.39, 0.29) is 11.3 Å². The van der Waals surface area contributed by atoms with Gasteiger partial charge in [-0.25, -0.2) is 0 Å². The maximum Gasteiger partial charge on any atom is 0.322 e. The van der Waals surface area contributed by atoms with Crippen LogP contribution in [0, 0.1) is 0 Å². The highest BCUT2D eigenvalue weighted by atomic mass is 35.5. The van der Waals surface area contributed by atoms with E-state index in [1.807, 2.05) is 38.4 Å². The SMILES string of the molecule is COc1cccc(COc2nc(Cl)nc(N(C)C)n2)c1. The van der Waals surface area contributed by atoms with Gasteiger partial charge in [-0.1, -0.05) is 12.1 Å². The van der Waals surface area contributed by atoms with Crippen LogP contribution in [0.15, 0.2) is 24.3 Å². The molecule has 0 fully saturated rings. The van der Waals surface area contributed by atoms with Crippen molar-refractivity contribution in [1.82, 2.24) is 15.0 Å². The third-order valence-electron chi connectivity index (χ3n) is 2.48. The molecule has 0 radical (unpaired) electrons. The Hall–Kier alpha value is -2.08. The molecule has 0 amide bonds. The van der Waals surface area contributed by atoms with Crippen LogP contribution in [0.25, 0.3) is 0 Å². The lowest BCUT2D eigenvalue weighted by molar-refractivity contribution is 0.279. The number of ether oxygens (including phenoxy) is 2. The summed E-state index contributed by atoms with van der Waals surface area (Å²) in [5.74, 6) is 1.22. The van der Waals surface area contributed by atoms with Crippen molar-refractivity contribution in [2.75, 3.05) is 26.1 Å². The largest absolute Gasteiger partial charge is 0.497 e. The molecule has 0 aliphatic carbocycles. The van der Waals surface area contributed by atoms with Crippen molar-refractivity contribution in [2.45, 2.75) is 6.61 Å². The molecule has 1 aromatic carbocycles. The number of aromatic nitrogens is 3. The van der Waals surface area contributed by atoms with E-state index in [1.54, 1.807) is 12.0 Å². The lowest BCUT2D eigenvalue weighted by Crippen LogP contribution is -2.14. The van der Waals surface area contributed by atoms with Crippen LogP contribution in [-0.4, -0.2) is 36.2 Å². The average molecular weight is 295 g/mol. The van der Waals surface area contributed by atoms with Gasteiger partial charge in [0.25, 0.3) is 0 Å². The van der Waals surface area contributed by atoms with Gasteiger partial charge in [-0.2, -0.15) is 15.0 Å². The maximum absolute atomic E-state index is 5.83. The summed E-state index contributed by atoms with van der Waals surface area (Å²) in [5.41, 5.74) is 0.951. The zero-order valence-corrected chi connectivity index (χ0v) is 12.3. The van der Waals surface area contributed by atoms with Crippen molar-refractivity contribution in [3.63, 3.8) is 0 Å². The van der Waals surface area contributed by atoms with Gasteiger partial charge in [0.15, 0.2) is 0 Å². The summed E-state index contributed by atoms with van der Waals surface area (Å²) in [6.45, 7) is 0.324. The number of hydrogen-bond acceptors (Lipinski definition) is 6. The van der Waals surface area contributed by atoms with Gasteiger partial charge in [0.05, 0.1) is 7.11 Å². The first kappa shape index (κ1) is 14.3. The highest BCUT2D eigenvalue weighted by Gasteiger charge is 2.08. The van der Waals surface area contributed by atoms with Crippen molar-refractivity contribution in [1.29, 1.82) is 0 Å². The molecule has 6 nitrogen and oxygen atoms in total. The highest BCUT2D eigenvalue weighted by molar-refractivity contribution is 6.28. The fourth-order valence-electron chi connectivity index (χ4n) is 1.50. The van der Waals surface area contributed by atoms with Crippen LogP contribution in [0.4, 0.5) is 5.95 Å². The van der Waals surface area contributed by atoms with Crippen molar-refractivity contribution in [2.24, 2.45) is 0 Å². The molecule has 2 aromatic rings. The Morgan fingerprint density at radius 3 is 2.70 bits per heavy atom. The molecule has 20 heavy (non-hydrogen) atoms. The first-order valence-corrected chi connectivity index (χ1v) is 6.31. The molecule has 1 aromatic heterocycles. The topological polar surface area (TPSA) is 60.4 Å². The minimum Gasteiger partial charge on any atom is -0.497 e. The zero-order valence-electron chi connectivity index (χ0n) is 11.5. The number of anilines is 1. The molecule has 7 heteroatoms. The summed E-state index contributed by atoms with van der Waals surface area (Å²) in [5, 5.41) is 0.101. The van der Waals surface area contributed by atoms with E-state index < -0.39 is 0 Å². The molecule has 0 saturated heterocycles. The quantitative estimate of drug-likeness (QED) is 0.842. The molecule has 0 saturated carbocycles. The Morgan fingerprint density at radius 2 is 2.00 bits per heavy atom. The Morgan fingerprint density at radius 1 is 1.20 bits per heavy atom. The van der Waals surface area contributed by atoms with E-state index >= 15 is 0 Å². The molecule has 0 spiro atoms. The van der Waals surface area contributed by atoms with Crippen LogP contribution in [-0.2, 0) is 6.61 Å². The van der Waals surface area contributed by atoms with E-state index in [0.29, 0.717) is 12.6 Å². The average Bonchev–Trinajstić information content (AvgIpc) is 2.44. The van der Waals surface area contributed by atoms with Crippen LogP contribution in [0.3, 0.4) is 0 Å². The fourth-order valence-corrected chi connectivity index (χ4v) is 1.64. The van der Waals surface area contributed by atoms with E-state index in [1.165, 1.54) is 0 Å². The first-order chi connectivity index (χ1) is 9.58. The number of benzene rings is 1. The second-order valence-electron chi connectivity index (χ2n) is 4.22. The minimum absolute atomic E-state index is 0.101. The van der Waals surface area contributed by atoms with E-state index in [0.717, 1.165) is 11.3 Å². The maximum atomic E-state index is 5.83. The Balaban J connectivity index is 2.10. The lowest BCUT2D eigenvalue weighted by atomic mass is 10.2. The fraction of sp³-hybridized carbons (Fsp3) is 0.308. The van der Waals surface area contributed by atoms with Gasteiger partial charge in [-0.15, -0.1) is 0 Å². The van der Waals surface area contributed by atoms with E-state index in [4.69, 9.17) is 21.1 Å². The molecular weight excluding hydrogens is 280 g/mol. The number of methoxy groups -OCH3 is 1. The number of halogens is 1. The molecule has 0 aliphatic rings.